The van der Waals surface area contributed by atoms with Crippen molar-refractivity contribution in [2.45, 2.75) is 20.3 Å². The van der Waals surface area contributed by atoms with E-state index in [0.717, 1.165) is 10.0 Å². The van der Waals surface area contributed by atoms with Crippen LogP contribution in [0.15, 0.2) is 28.4 Å². The maximum Gasteiger partial charge on any atom is 0.247 e. The molecular formula is C13H16BrNO3. The van der Waals surface area contributed by atoms with Gasteiger partial charge in [-0.05, 0) is 39.5 Å². The molecule has 0 atom stereocenters. The quantitative estimate of drug-likeness (QED) is 0.607. The number of nitro groups is 1. The van der Waals surface area contributed by atoms with Crippen molar-refractivity contribution in [3.8, 4) is 5.75 Å². The molecule has 0 aliphatic carbocycles. The second-order valence-electron chi connectivity index (χ2n) is 4.38. The third kappa shape index (κ3) is 4.14. The standard InChI is InChI=1S/C13H16BrNO3/c1-9(2)6-11(15(16)17)7-10-4-5-13(18-3)12(14)8-10/h4-5,7-9H,6H2,1-3H3. The predicted molar refractivity (Wildman–Crippen MR) is 75.1 cm³/mol. The highest BCUT2D eigenvalue weighted by atomic mass is 79.9. The van der Waals surface area contributed by atoms with Crippen LogP contribution in [-0.4, -0.2) is 12.0 Å². The lowest BCUT2D eigenvalue weighted by Gasteiger charge is -2.05. The van der Waals surface area contributed by atoms with Crippen LogP contribution in [0, 0.1) is 16.0 Å². The summed E-state index contributed by atoms with van der Waals surface area (Å²) in [6.45, 7) is 3.92. The van der Waals surface area contributed by atoms with Crippen LogP contribution in [0.1, 0.15) is 25.8 Å². The lowest BCUT2D eigenvalue weighted by atomic mass is 10.1. The van der Waals surface area contributed by atoms with Gasteiger partial charge in [0.25, 0.3) is 0 Å². The molecule has 0 heterocycles. The molecule has 0 spiro atoms. The van der Waals surface area contributed by atoms with Gasteiger partial charge in [0.05, 0.1) is 16.5 Å². The van der Waals surface area contributed by atoms with Gasteiger partial charge >= 0.3 is 0 Å². The van der Waals surface area contributed by atoms with Crippen molar-refractivity contribution in [1.29, 1.82) is 0 Å². The highest BCUT2D eigenvalue weighted by Gasteiger charge is 2.13. The SMILES string of the molecule is COc1ccc(C=C(CC(C)C)[N+](=O)[O-])cc1Br. The number of hydrogen-bond donors (Lipinski definition) is 0. The fourth-order valence-corrected chi connectivity index (χ4v) is 2.13. The van der Waals surface area contributed by atoms with Gasteiger partial charge in [-0.25, -0.2) is 0 Å². The monoisotopic (exact) mass is 313 g/mol. The van der Waals surface area contributed by atoms with Crippen molar-refractivity contribution in [3.63, 3.8) is 0 Å². The van der Waals surface area contributed by atoms with Crippen molar-refractivity contribution < 1.29 is 9.66 Å². The van der Waals surface area contributed by atoms with E-state index in [1.807, 2.05) is 19.9 Å². The van der Waals surface area contributed by atoms with Crippen LogP contribution < -0.4 is 4.74 Å². The molecular weight excluding hydrogens is 298 g/mol. The highest BCUT2D eigenvalue weighted by molar-refractivity contribution is 9.10. The minimum Gasteiger partial charge on any atom is -0.496 e. The number of halogens is 1. The van der Waals surface area contributed by atoms with Crippen LogP contribution in [0.4, 0.5) is 0 Å². The molecule has 98 valence electrons. The second kappa shape index (κ2) is 6.54. The molecule has 0 bridgehead atoms. The molecule has 4 nitrogen and oxygen atoms in total. The molecule has 0 N–H and O–H groups in total. The zero-order valence-corrected chi connectivity index (χ0v) is 12.2. The maximum absolute atomic E-state index is 10.9. The number of rotatable bonds is 5. The fraction of sp³-hybridized carbons (Fsp3) is 0.385. The summed E-state index contributed by atoms with van der Waals surface area (Å²) in [6.07, 6.45) is 2.06. The minimum atomic E-state index is -0.321. The number of nitrogens with zero attached hydrogens (tertiary/aromatic N) is 1. The molecule has 0 saturated heterocycles. The molecule has 18 heavy (non-hydrogen) atoms. The first-order chi connectivity index (χ1) is 8.43. The van der Waals surface area contributed by atoms with Crippen molar-refractivity contribution in [2.24, 2.45) is 5.92 Å². The molecule has 0 radical (unpaired) electrons. The summed E-state index contributed by atoms with van der Waals surface area (Å²) in [7, 11) is 1.58. The van der Waals surface area contributed by atoms with Crippen LogP contribution in [-0.2, 0) is 0 Å². The predicted octanol–water partition coefficient (Wildman–Crippen LogP) is 4.12. The van der Waals surface area contributed by atoms with E-state index in [4.69, 9.17) is 4.74 Å². The Kier molecular flexibility index (Phi) is 5.34. The molecule has 0 unspecified atom stereocenters. The van der Waals surface area contributed by atoms with Gasteiger partial charge in [0, 0.05) is 12.5 Å². The third-order valence-electron chi connectivity index (χ3n) is 2.36. The Balaban J connectivity index is 3.04. The summed E-state index contributed by atoms with van der Waals surface area (Å²) in [5.74, 6) is 0.960. The Morgan fingerprint density at radius 1 is 1.56 bits per heavy atom. The zero-order chi connectivity index (χ0) is 13.7. The van der Waals surface area contributed by atoms with Crippen LogP contribution in [0.25, 0.3) is 6.08 Å². The topological polar surface area (TPSA) is 52.4 Å². The number of methoxy groups -OCH3 is 1. The lowest BCUT2D eigenvalue weighted by Crippen LogP contribution is -2.02. The van der Waals surface area contributed by atoms with Crippen molar-refractivity contribution in [3.05, 3.63) is 44.0 Å². The number of hydrogen-bond acceptors (Lipinski definition) is 3. The summed E-state index contributed by atoms with van der Waals surface area (Å²) >= 11 is 3.36. The summed E-state index contributed by atoms with van der Waals surface area (Å²) in [5, 5.41) is 10.9. The first-order valence-corrected chi connectivity index (χ1v) is 6.41. The number of benzene rings is 1. The largest absolute Gasteiger partial charge is 0.496 e. The third-order valence-corrected chi connectivity index (χ3v) is 2.98. The maximum atomic E-state index is 10.9. The summed E-state index contributed by atoms with van der Waals surface area (Å²) in [6, 6.07) is 5.39. The van der Waals surface area contributed by atoms with Gasteiger partial charge in [-0.3, -0.25) is 10.1 Å². The van der Waals surface area contributed by atoms with E-state index >= 15 is 0 Å². The van der Waals surface area contributed by atoms with Crippen molar-refractivity contribution >= 4 is 22.0 Å². The Labute approximate surface area is 115 Å². The van der Waals surface area contributed by atoms with E-state index in [1.165, 1.54) is 0 Å². The van der Waals surface area contributed by atoms with Gasteiger partial charge in [0.1, 0.15) is 5.75 Å². The first-order valence-electron chi connectivity index (χ1n) is 5.62. The highest BCUT2D eigenvalue weighted by Crippen LogP contribution is 2.27. The first kappa shape index (κ1) is 14.7. The van der Waals surface area contributed by atoms with Crippen molar-refractivity contribution in [1.82, 2.24) is 0 Å². The van der Waals surface area contributed by atoms with Gasteiger partial charge in [-0.15, -0.1) is 0 Å². The zero-order valence-electron chi connectivity index (χ0n) is 10.6. The van der Waals surface area contributed by atoms with E-state index in [1.54, 1.807) is 25.3 Å². The molecule has 0 aliphatic heterocycles. The molecule has 1 aromatic carbocycles. The molecule has 0 saturated carbocycles. The van der Waals surface area contributed by atoms with E-state index in [2.05, 4.69) is 15.9 Å². The van der Waals surface area contributed by atoms with Crippen LogP contribution in [0.2, 0.25) is 0 Å². The number of ether oxygens (including phenoxy) is 1. The smallest absolute Gasteiger partial charge is 0.247 e. The summed E-state index contributed by atoms with van der Waals surface area (Å²) in [5.41, 5.74) is 1.01. The molecule has 1 aromatic rings. The van der Waals surface area contributed by atoms with E-state index in [0.29, 0.717) is 12.2 Å². The van der Waals surface area contributed by atoms with Crippen LogP contribution in [0.5, 0.6) is 5.75 Å². The summed E-state index contributed by atoms with van der Waals surface area (Å²) in [4.78, 5) is 10.6. The molecule has 0 amide bonds. The van der Waals surface area contributed by atoms with E-state index < -0.39 is 0 Å². The van der Waals surface area contributed by atoms with Crippen LogP contribution in [0.3, 0.4) is 0 Å². The van der Waals surface area contributed by atoms with Crippen LogP contribution >= 0.6 is 15.9 Å². The summed E-state index contributed by atoms with van der Waals surface area (Å²) < 4.78 is 5.90. The van der Waals surface area contributed by atoms with E-state index in [-0.39, 0.29) is 16.5 Å². The Morgan fingerprint density at radius 3 is 2.67 bits per heavy atom. The van der Waals surface area contributed by atoms with Gasteiger partial charge in [-0.1, -0.05) is 19.9 Å². The second-order valence-corrected chi connectivity index (χ2v) is 5.24. The average Bonchev–Trinajstić information content (AvgIpc) is 2.27. The Morgan fingerprint density at radius 2 is 2.22 bits per heavy atom. The molecule has 1 rings (SSSR count). The molecule has 0 aromatic heterocycles. The lowest BCUT2D eigenvalue weighted by molar-refractivity contribution is -0.427. The Bertz CT molecular complexity index is 469. The average molecular weight is 314 g/mol. The van der Waals surface area contributed by atoms with E-state index in [9.17, 15) is 10.1 Å². The molecule has 0 fully saturated rings. The van der Waals surface area contributed by atoms with Crippen molar-refractivity contribution in [2.75, 3.05) is 7.11 Å². The number of allylic oxidation sites excluding steroid dienone is 1. The molecule has 0 aliphatic rings. The van der Waals surface area contributed by atoms with Gasteiger partial charge in [0.2, 0.25) is 5.70 Å². The normalized spacial score (nSPS) is 11.7. The minimum absolute atomic E-state index is 0.224. The fourth-order valence-electron chi connectivity index (χ4n) is 1.57. The Hall–Kier alpha value is -1.36. The van der Waals surface area contributed by atoms with Gasteiger partial charge in [-0.2, -0.15) is 0 Å². The van der Waals surface area contributed by atoms with Gasteiger partial charge in [0.15, 0.2) is 0 Å². The molecule has 5 heteroatoms. The van der Waals surface area contributed by atoms with Gasteiger partial charge < -0.3 is 4.74 Å².